The topological polar surface area (TPSA) is 83.5 Å². The fraction of sp³-hybridized carbons (Fsp3) is 0.114. The van der Waals surface area contributed by atoms with Crippen molar-refractivity contribution in [3.05, 3.63) is 204 Å². The number of imidazole rings is 1. The van der Waals surface area contributed by atoms with Crippen molar-refractivity contribution in [2.75, 3.05) is 0 Å². The average molecular weight is 680 g/mol. The fourth-order valence-corrected chi connectivity index (χ4v) is 6.92. The van der Waals surface area contributed by atoms with Crippen molar-refractivity contribution in [3.8, 4) is 28.3 Å². The molecule has 0 aliphatic carbocycles. The summed E-state index contributed by atoms with van der Waals surface area (Å²) in [5.41, 5.74) is 9.20. The Kier molecular flexibility index (Phi) is 8.94. The predicted molar refractivity (Wildman–Crippen MR) is 203 cm³/mol. The van der Waals surface area contributed by atoms with Crippen LogP contribution in [0.25, 0.3) is 22.5 Å². The molecule has 3 heterocycles. The summed E-state index contributed by atoms with van der Waals surface area (Å²) in [6, 6.07) is 49.8. The zero-order valence-electron chi connectivity index (χ0n) is 29.0. The van der Waals surface area contributed by atoms with Crippen molar-refractivity contribution in [1.29, 1.82) is 0 Å². The van der Waals surface area contributed by atoms with Gasteiger partial charge in [-0.15, -0.1) is 15.0 Å². The van der Waals surface area contributed by atoms with E-state index in [1.165, 1.54) is 0 Å². The van der Waals surface area contributed by atoms with Crippen molar-refractivity contribution in [3.63, 3.8) is 0 Å². The lowest BCUT2D eigenvalue weighted by atomic mass is 9.77. The van der Waals surface area contributed by atoms with Gasteiger partial charge in [0.05, 0.1) is 12.9 Å². The summed E-state index contributed by atoms with van der Waals surface area (Å²) in [6.45, 7) is 5.09. The SMILES string of the molecule is Cc1cc(OCc2ccc(-c3ccccc3-c3nnn(C(c4ccccc4)(c4ccccc4)c4ccccc4)n3)cc2)c(Cn2ccnc2)c(C)n1. The Balaban J connectivity index is 1.12. The minimum absolute atomic E-state index is 0.429. The molecule has 8 rings (SSSR count). The summed E-state index contributed by atoms with van der Waals surface area (Å²) in [5.74, 6) is 1.38. The van der Waals surface area contributed by atoms with Crippen LogP contribution in [0.15, 0.2) is 164 Å². The van der Waals surface area contributed by atoms with Crippen LogP contribution < -0.4 is 4.74 Å². The normalized spacial score (nSPS) is 11.4. The van der Waals surface area contributed by atoms with Crippen molar-refractivity contribution < 1.29 is 4.74 Å². The molecule has 5 aromatic carbocycles. The van der Waals surface area contributed by atoms with Crippen LogP contribution in [-0.4, -0.2) is 34.7 Å². The maximum Gasteiger partial charge on any atom is 0.205 e. The van der Waals surface area contributed by atoms with Gasteiger partial charge in [0.25, 0.3) is 0 Å². The van der Waals surface area contributed by atoms with Crippen LogP contribution in [0.4, 0.5) is 0 Å². The Hall–Kier alpha value is -6.67. The molecule has 0 saturated heterocycles. The molecule has 254 valence electrons. The van der Waals surface area contributed by atoms with Crippen molar-refractivity contribution >= 4 is 0 Å². The highest BCUT2D eigenvalue weighted by Crippen LogP contribution is 2.40. The molecule has 0 N–H and O–H groups in total. The monoisotopic (exact) mass is 679 g/mol. The first-order chi connectivity index (χ1) is 25.6. The zero-order valence-corrected chi connectivity index (χ0v) is 29.0. The molecule has 8 nitrogen and oxygen atoms in total. The molecule has 8 aromatic rings. The van der Waals surface area contributed by atoms with Gasteiger partial charge in [0.15, 0.2) is 5.54 Å². The van der Waals surface area contributed by atoms with Crippen molar-refractivity contribution in [2.45, 2.75) is 32.5 Å². The summed E-state index contributed by atoms with van der Waals surface area (Å²) in [4.78, 5) is 10.6. The standard InChI is InChI=1S/C44H37N7O/c1-32-28-42(41(33(2)46-32)29-50-27-26-45-31-50)52-30-34-22-24-35(25-23-34)39-20-12-13-21-40(39)43-47-49-51(48-43)44(36-14-6-3-7-15-36,37-16-8-4-9-17-37)38-18-10-5-11-19-38/h3-28,31H,29-30H2,1-2H3. The minimum Gasteiger partial charge on any atom is -0.488 e. The van der Waals surface area contributed by atoms with Gasteiger partial charge in [-0.1, -0.05) is 140 Å². The average Bonchev–Trinajstić information content (AvgIpc) is 3.91. The number of rotatable bonds is 11. The van der Waals surface area contributed by atoms with Gasteiger partial charge in [0.1, 0.15) is 12.4 Å². The van der Waals surface area contributed by atoms with Gasteiger partial charge in [-0.25, -0.2) is 4.98 Å². The number of aryl methyl sites for hydroxylation is 2. The third-order valence-electron chi connectivity index (χ3n) is 9.43. The summed E-state index contributed by atoms with van der Waals surface area (Å²) in [5, 5.41) is 14.6. The molecule has 0 unspecified atom stereocenters. The molecule has 8 heteroatoms. The smallest absolute Gasteiger partial charge is 0.205 e. The number of hydrogen-bond acceptors (Lipinski definition) is 6. The minimum atomic E-state index is -0.851. The van der Waals surface area contributed by atoms with E-state index < -0.39 is 5.54 Å². The van der Waals surface area contributed by atoms with Crippen LogP contribution in [0.5, 0.6) is 5.75 Å². The second kappa shape index (κ2) is 14.3. The van der Waals surface area contributed by atoms with Crippen LogP contribution in [0, 0.1) is 13.8 Å². The first-order valence-electron chi connectivity index (χ1n) is 17.3. The maximum atomic E-state index is 6.41. The second-order valence-corrected chi connectivity index (χ2v) is 12.8. The van der Waals surface area contributed by atoms with E-state index in [2.05, 4.69) is 119 Å². The summed E-state index contributed by atoms with van der Waals surface area (Å²) in [6.07, 6.45) is 5.53. The zero-order chi connectivity index (χ0) is 35.3. The van der Waals surface area contributed by atoms with Gasteiger partial charge in [-0.2, -0.15) is 0 Å². The molecule has 0 amide bonds. The van der Waals surface area contributed by atoms with Gasteiger partial charge in [-0.05, 0) is 52.4 Å². The molecule has 0 radical (unpaired) electrons. The molecule has 0 fully saturated rings. The quantitative estimate of drug-likeness (QED) is 0.127. The van der Waals surface area contributed by atoms with E-state index >= 15 is 0 Å². The van der Waals surface area contributed by atoms with Crippen LogP contribution >= 0.6 is 0 Å². The van der Waals surface area contributed by atoms with Gasteiger partial charge in [0, 0.05) is 41.0 Å². The third-order valence-corrected chi connectivity index (χ3v) is 9.43. The number of ether oxygens (including phenoxy) is 1. The third kappa shape index (κ3) is 6.26. The highest BCUT2D eigenvalue weighted by molar-refractivity contribution is 5.80. The Bertz CT molecular complexity index is 2290. The number of pyridine rings is 1. The lowest BCUT2D eigenvalue weighted by Crippen LogP contribution is -2.39. The Morgan fingerprint density at radius 3 is 1.87 bits per heavy atom. The molecule has 52 heavy (non-hydrogen) atoms. The predicted octanol–water partition coefficient (Wildman–Crippen LogP) is 8.68. The Morgan fingerprint density at radius 2 is 1.27 bits per heavy atom. The van der Waals surface area contributed by atoms with E-state index in [1.807, 2.05) is 67.3 Å². The van der Waals surface area contributed by atoms with E-state index in [4.69, 9.17) is 20.1 Å². The maximum absolute atomic E-state index is 6.41. The first-order valence-corrected chi connectivity index (χ1v) is 17.3. The molecule has 0 spiro atoms. The number of nitrogens with zero attached hydrogens (tertiary/aromatic N) is 7. The number of tetrazole rings is 1. The highest BCUT2D eigenvalue weighted by Gasteiger charge is 2.41. The first kappa shape index (κ1) is 32.5. The van der Waals surface area contributed by atoms with Crippen LogP contribution in [0.1, 0.15) is 39.2 Å². The van der Waals surface area contributed by atoms with Crippen LogP contribution in [0.2, 0.25) is 0 Å². The summed E-state index contributed by atoms with van der Waals surface area (Å²) < 4.78 is 8.44. The fourth-order valence-electron chi connectivity index (χ4n) is 6.92. The van der Waals surface area contributed by atoms with Crippen LogP contribution in [0.3, 0.4) is 0 Å². The number of benzene rings is 5. The lowest BCUT2D eigenvalue weighted by molar-refractivity contribution is 0.301. The summed E-state index contributed by atoms with van der Waals surface area (Å²) >= 11 is 0. The van der Waals surface area contributed by atoms with Gasteiger partial charge in [0.2, 0.25) is 5.82 Å². The Labute approximate surface area is 303 Å². The molecule has 0 bridgehead atoms. The number of aromatic nitrogens is 7. The van der Waals surface area contributed by atoms with E-state index in [0.29, 0.717) is 19.0 Å². The van der Waals surface area contributed by atoms with E-state index in [1.54, 1.807) is 11.0 Å². The lowest BCUT2D eigenvalue weighted by Gasteiger charge is -2.34. The van der Waals surface area contributed by atoms with E-state index in [0.717, 1.165) is 61.6 Å². The van der Waals surface area contributed by atoms with Gasteiger partial charge >= 0.3 is 0 Å². The molecular weight excluding hydrogens is 643 g/mol. The summed E-state index contributed by atoms with van der Waals surface area (Å²) in [7, 11) is 0. The highest BCUT2D eigenvalue weighted by atomic mass is 16.5. The van der Waals surface area contributed by atoms with Crippen molar-refractivity contribution in [2.24, 2.45) is 0 Å². The van der Waals surface area contributed by atoms with Gasteiger partial charge < -0.3 is 9.30 Å². The molecule has 3 aromatic heterocycles. The molecule has 0 atom stereocenters. The molecule has 0 aliphatic rings. The number of hydrogen-bond donors (Lipinski definition) is 0. The van der Waals surface area contributed by atoms with Crippen molar-refractivity contribution in [1.82, 2.24) is 34.7 Å². The molecular formula is C44H37N7O. The van der Waals surface area contributed by atoms with Gasteiger partial charge in [-0.3, -0.25) is 4.98 Å². The second-order valence-electron chi connectivity index (χ2n) is 12.8. The Morgan fingerprint density at radius 1 is 0.673 bits per heavy atom. The van der Waals surface area contributed by atoms with Crippen LogP contribution in [-0.2, 0) is 18.7 Å². The van der Waals surface area contributed by atoms with E-state index in [9.17, 15) is 0 Å². The largest absolute Gasteiger partial charge is 0.488 e. The molecule has 0 aliphatic heterocycles. The molecule has 0 saturated carbocycles. The van der Waals surface area contributed by atoms with E-state index in [-0.39, 0.29) is 0 Å².